The van der Waals surface area contributed by atoms with Crippen LogP contribution >= 0.6 is 0 Å². The third-order valence-electron chi connectivity index (χ3n) is 2.95. The highest BCUT2D eigenvalue weighted by atomic mass is 19.3. The normalized spacial score (nSPS) is 25.7. The smallest absolute Gasteiger partial charge is 0.330 e. The summed E-state index contributed by atoms with van der Waals surface area (Å²) in [5, 5.41) is 18.5. The molecule has 0 aromatic carbocycles. The van der Waals surface area contributed by atoms with Crippen LogP contribution in [-0.2, 0) is 4.74 Å². The molecule has 9 heteroatoms. The molecule has 1 aromatic rings. The lowest BCUT2D eigenvalue weighted by Crippen LogP contribution is -2.33. The van der Waals surface area contributed by atoms with Gasteiger partial charge in [-0.25, -0.2) is 4.79 Å². The number of H-pyrrole nitrogens is 1. The van der Waals surface area contributed by atoms with Gasteiger partial charge < -0.3 is 14.9 Å². The van der Waals surface area contributed by atoms with Crippen LogP contribution in [0.5, 0.6) is 0 Å². The third kappa shape index (κ3) is 2.84. The van der Waals surface area contributed by atoms with Crippen LogP contribution in [0, 0.1) is 0 Å². The van der Waals surface area contributed by atoms with Crippen molar-refractivity contribution >= 4 is 6.08 Å². The van der Waals surface area contributed by atoms with Crippen LogP contribution in [0.2, 0.25) is 0 Å². The molecule has 7 nitrogen and oxygen atoms in total. The van der Waals surface area contributed by atoms with Crippen LogP contribution in [-0.4, -0.2) is 38.6 Å². The maximum absolute atomic E-state index is 12.2. The van der Waals surface area contributed by atoms with Gasteiger partial charge in [-0.3, -0.25) is 14.3 Å². The number of halogens is 2. The number of hydrogen-bond acceptors (Lipinski definition) is 5. The number of aliphatic hydroxyl groups excluding tert-OH is 2. The van der Waals surface area contributed by atoms with E-state index in [0.29, 0.717) is 6.08 Å². The first kappa shape index (κ1) is 14.6. The van der Waals surface area contributed by atoms with E-state index in [-0.39, 0.29) is 6.42 Å². The van der Waals surface area contributed by atoms with Crippen molar-refractivity contribution in [3.63, 3.8) is 0 Å². The zero-order valence-electron chi connectivity index (χ0n) is 10.1. The molecule has 20 heavy (non-hydrogen) atoms. The molecule has 2 heterocycles. The number of nitrogens with one attached hydrogen (secondary N) is 1. The molecule has 1 fully saturated rings. The molecule has 0 bridgehead atoms. The number of ether oxygens (including phenoxy) is 1. The minimum atomic E-state index is -2.08. The van der Waals surface area contributed by atoms with E-state index in [1.54, 1.807) is 0 Å². The molecule has 1 aliphatic heterocycles. The molecule has 3 atom stereocenters. The van der Waals surface area contributed by atoms with Gasteiger partial charge in [-0.1, -0.05) is 0 Å². The number of aromatic nitrogens is 2. The first-order valence-corrected chi connectivity index (χ1v) is 5.75. The predicted molar refractivity (Wildman–Crippen MR) is 63.1 cm³/mol. The van der Waals surface area contributed by atoms with Gasteiger partial charge >= 0.3 is 5.69 Å². The van der Waals surface area contributed by atoms with Crippen molar-refractivity contribution in [2.45, 2.75) is 24.9 Å². The average Bonchev–Trinajstić information content (AvgIpc) is 2.73. The second kappa shape index (κ2) is 5.65. The monoisotopic (exact) mass is 290 g/mol. The van der Waals surface area contributed by atoms with Crippen LogP contribution in [0.15, 0.2) is 21.9 Å². The van der Waals surface area contributed by atoms with Crippen LogP contribution in [0.1, 0.15) is 18.2 Å². The Balaban J connectivity index is 2.40. The Labute approximate surface area is 110 Å². The fourth-order valence-corrected chi connectivity index (χ4v) is 1.99. The third-order valence-corrected chi connectivity index (χ3v) is 2.95. The van der Waals surface area contributed by atoms with Gasteiger partial charge in [-0.05, 0) is 0 Å². The molecular formula is C11H12F2N2O5. The van der Waals surface area contributed by atoms with Crippen LogP contribution < -0.4 is 11.2 Å². The molecule has 1 aliphatic rings. The SMILES string of the molecule is O=c1[nH]c(=O)n([C@H]2C[C@@H](O)[C@@H](CO)O2)cc1C=C(F)F. The molecule has 110 valence electrons. The van der Waals surface area contributed by atoms with Crippen LogP contribution in [0.4, 0.5) is 8.78 Å². The summed E-state index contributed by atoms with van der Waals surface area (Å²) in [5.41, 5.74) is -2.20. The average molecular weight is 290 g/mol. The summed E-state index contributed by atoms with van der Waals surface area (Å²) in [6.45, 7) is -0.443. The predicted octanol–water partition coefficient (Wildman–Crippen LogP) is -0.585. The van der Waals surface area contributed by atoms with E-state index in [2.05, 4.69) is 0 Å². The molecular weight excluding hydrogens is 278 g/mol. The Hall–Kier alpha value is -1.84. The van der Waals surface area contributed by atoms with Gasteiger partial charge in [0.2, 0.25) is 0 Å². The molecule has 0 saturated carbocycles. The Morgan fingerprint density at radius 3 is 2.80 bits per heavy atom. The maximum Gasteiger partial charge on any atom is 0.330 e. The van der Waals surface area contributed by atoms with Gasteiger partial charge in [-0.15, -0.1) is 0 Å². The van der Waals surface area contributed by atoms with E-state index in [0.717, 1.165) is 10.8 Å². The molecule has 2 rings (SSSR count). The molecule has 3 N–H and O–H groups in total. The minimum Gasteiger partial charge on any atom is -0.394 e. The summed E-state index contributed by atoms with van der Waals surface area (Å²) in [6.07, 6.45) is -3.63. The Kier molecular flexibility index (Phi) is 4.12. The van der Waals surface area contributed by atoms with Crippen LogP contribution in [0.3, 0.4) is 0 Å². The Bertz CT molecular complexity index is 634. The maximum atomic E-state index is 12.2. The van der Waals surface area contributed by atoms with Crippen molar-refractivity contribution in [1.82, 2.24) is 9.55 Å². The topological polar surface area (TPSA) is 105 Å². The highest BCUT2D eigenvalue weighted by Crippen LogP contribution is 2.27. The van der Waals surface area contributed by atoms with Gasteiger partial charge in [0.15, 0.2) is 0 Å². The molecule has 0 unspecified atom stereocenters. The number of nitrogens with zero attached hydrogens (tertiary/aromatic N) is 1. The number of aromatic amines is 1. The summed E-state index contributed by atoms with van der Waals surface area (Å²) in [7, 11) is 0. The molecule has 0 amide bonds. The molecule has 0 aliphatic carbocycles. The lowest BCUT2D eigenvalue weighted by Gasteiger charge is -2.14. The highest BCUT2D eigenvalue weighted by molar-refractivity contribution is 5.46. The van der Waals surface area contributed by atoms with Gasteiger partial charge in [0, 0.05) is 18.7 Å². The number of hydrogen-bond donors (Lipinski definition) is 3. The summed E-state index contributed by atoms with van der Waals surface area (Å²) in [6, 6.07) is 0. The highest BCUT2D eigenvalue weighted by Gasteiger charge is 2.35. The van der Waals surface area contributed by atoms with E-state index in [1.165, 1.54) is 0 Å². The van der Waals surface area contributed by atoms with Crippen molar-refractivity contribution in [2.24, 2.45) is 0 Å². The lowest BCUT2D eigenvalue weighted by atomic mass is 10.2. The minimum absolute atomic E-state index is 0.00155. The first-order chi connectivity index (χ1) is 9.42. The second-order valence-electron chi connectivity index (χ2n) is 4.30. The number of rotatable bonds is 3. The van der Waals surface area contributed by atoms with Crippen molar-refractivity contribution < 1.29 is 23.7 Å². The summed E-state index contributed by atoms with van der Waals surface area (Å²) in [4.78, 5) is 24.9. The molecule has 1 saturated heterocycles. The van der Waals surface area contributed by atoms with Crippen molar-refractivity contribution in [3.8, 4) is 0 Å². The fourth-order valence-electron chi connectivity index (χ4n) is 1.99. The zero-order valence-corrected chi connectivity index (χ0v) is 10.1. The van der Waals surface area contributed by atoms with Crippen molar-refractivity contribution in [2.75, 3.05) is 6.61 Å². The standard InChI is InChI=1S/C11H12F2N2O5/c12-8(13)1-5-3-15(11(19)14-10(5)18)9-2-6(17)7(4-16)20-9/h1,3,6-7,9,16-17H,2,4H2,(H,14,18,19)/t6-,7-,9-/m1/s1. The van der Waals surface area contributed by atoms with Crippen LogP contribution in [0.25, 0.3) is 6.08 Å². The van der Waals surface area contributed by atoms with Gasteiger partial charge in [0.05, 0.1) is 18.3 Å². The van der Waals surface area contributed by atoms with E-state index >= 15 is 0 Å². The summed E-state index contributed by atoms with van der Waals surface area (Å²) in [5.74, 6) is 0. The van der Waals surface area contributed by atoms with E-state index < -0.39 is 47.9 Å². The molecule has 1 aromatic heterocycles. The summed E-state index contributed by atoms with van der Waals surface area (Å²) >= 11 is 0. The van der Waals surface area contributed by atoms with E-state index in [1.807, 2.05) is 4.98 Å². The molecule has 0 spiro atoms. The van der Waals surface area contributed by atoms with Gasteiger partial charge in [-0.2, -0.15) is 8.78 Å². The van der Waals surface area contributed by atoms with Gasteiger partial charge in [0.1, 0.15) is 12.3 Å². The van der Waals surface area contributed by atoms with Crippen molar-refractivity contribution in [3.05, 3.63) is 38.7 Å². The second-order valence-corrected chi connectivity index (χ2v) is 4.30. The van der Waals surface area contributed by atoms with Gasteiger partial charge in [0.25, 0.3) is 11.6 Å². The summed E-state index contributed by atoms with van der Waals surface area (Å²) < 4.78 is 30.5. The zero-order chi connectivity index (χ0) is 14.9. The number of aliphatic hydroxyl groups is 2. The fraction of sp³-hybridized carbons (Fsp3) is 0.455. The largest absolute Gasteiger partial charge is 0.394 e. The first-order valence-electron chi connectivity index (χ1n) is 5.75. The quantitative estimate of drug-likeness (QED) is 0.690. The van der Waals surface area contributed by atoms with Crippen molar-refractivity contribution in [1.29, 1.82) is 0 Å². The Morgan fingerprint density at radius 1 is 1.55 bits per heavy atom. The Morgan fingerprint density at radius 2 is 2.25 bits per heavy atom. The van der Waals surface area contributed by atoms with E-state index in [9.17, 15) is 23.5 Å². The van der Waals surface area contributed by atoms with E-state index in [4.69, 9.17) is 9.84 Å². The molecule has 0 radical (unpaired) electrons. The lowest BCUT2D eigenvalue weighted by molar-refractivity contribution is -0.0459.